The van der Waals surface area contributed by atoms with Crippen LogP contribution in [0.2, 0.25) is 0 Å². The number of thiocarbonyl (C=S) groups is 1. The third-order valence-corrected chi connectivity index (χ3v) is 5.14. The molecule has 0 saturated carbocycles. The van der Waals surface area contributed by atoms with Gasteiger partial charge in [0.15, 0.2) is 5.11 Å². The minimum atomic E-state index is 0.166. The highest BCUT2D eigenvalue weighted by Crippen LogP contribution is 2.24. The Bertz CT molecular complexity index is 676. The molecule has 2 aromatic rings. The third kappa shape index (κ3) is 4.95. The van der Waals surface area contributed by atoms with Crippen molar-refractivity contribution in [1.29, 1.82) is 0 Å². The predicted octanol–water partition coefficient (Wildman–Crippen LogP) is 4.97. The molecule has 2 aromatic carbocycles. The minimum absolute atomic E-state index is 0.166. The van der Waals surface area contributed by atoms with Crippen molar-refractivity contribution in [3.63, 3.8) is 0 Å². The van der Waals surface area contributed by atoms with Crippen molar-refractivity contribution < 1.29 is 0 Å². The molecule has 0 bridgehead atoms. The molecule has 4 heteroatoms. The zero-order valence-corrected chi connectivity index (χ0v) is 15.9. The molecule has 0 aliphatic carbocycles. The molecule has 1 aliphatic heterocycles. The fourth-order valence-corrected chi connectivity index (χ4v) is 3.50. The van der Waals surface area contributed by atoms with Gasteiger partial charge in [-0.25, -0.2) is 0 Å². The molecule has 0 radical (unpaired) electrons. The number of piperidine rings is 1. The van der Waals surface area contributed by atoms with E-state index in [0.717, 1.165) is 11.6 Å². The molecule has 0 amide bonds. The monoisotopic (exact) mass is 353 g/mol. The van der Waals surface area contributed by atoms with Crippen LogP contribution >= 0.6 is 12.2 Å². The Hall–Kier alpha value is -2.07. The number of anilines is 2. The van der Waals surface area contributed by atoms with Gasteiger partial charge in [0, 0.05) is 24.5 Å². The SMILES string of the molecule is CC1CCN(c2ccc([C@H](C)NC(=S)Nc3ccccc3)cc2)CC1. The van der Waals surface area contributed by atoms with E-state index in [0.29, 0.717) is 5.11 Å². The van der Waals surface area contributed by atoms with E-state index >= 15 is 0 Å². The predicted molar refractivity (Wildman–Crippen MR) is 111 cm³/mol. The summed E-state index contributed by atoms with van der Waals surface area (Å²) in [6.07, 6.45) is 2.58. The second kappa shape index (κ2) is 8.34. The van der Waals surface area contributed by atoms with Crippen LogP contribution in [0.1, 0.15) is 38.3 Å². The summed E-state index contributed by atoms with van der Waals surface area (Å²) in [4.78, 5) is 2.49. The summed E-state index contributed by atoms with van der Waals surface area (Å²) in [6.45, 7) is 6.81. The van der Waals surface area contributed by atoms with Gasteiger partial charge in [-0.05, 0) is 67.7 Å². The van der Waals surface area contributed by atoms with E-state index in [1.807, 2.05) is 30.3 Å². The lowest BCUT2D eigenvalue weighted by Gasteiger charge is -2.32. The highest BCUT2D eigenvalue weighted by molar-refractivity contribution is 7.80. The fourth-order valence-electron chi connectivity index (χ4n) is 3.21. The number of hydrogen-bond donors (Lipinski definition) is 2. The lowest BCUT2D eigenvalue weighted by Crippen LogP contribution is -2.33. The molecule has 1 aliphatic rings. The van der Waals surface area contributed by atoms with Crippen LogP contribution in [0.3, 0.4) is 0 Å². The maximum atomic E-state index is 5.42. The second-order valence-electron chi connectivity index (χ2n) is 6.95. The van der Waals surface area contributed by atoms with Gasteiger partial charge >= 0.3 is 0 Å². The van der Waals surface area contributed by atoms with Gasteiger partial charge in [0.25, 0.3) is 0 Å². The normalized spacial score (nSPS) is 16.3. The quantitative estimate of drug-likeness (QED) is 0.759. The van der Waals surface area contributed by atoms with Crippen molar-refractivity contribution in [2.75, 3.05) is 23.3 Å². The van der Waals surface area contributed by atoms with Gasteiger partial charge < -0.3 is 15.5 Å². The molecule has 1 saturated heterocycles. The van der Waals surface area contributed by atoms with Gasteiger partial charge in [0.1, 0.15) is 0 Å². The lowest BCUT2D eigenvalue weighted by atomic mass is 9.98. The summed E-state index contributed by atoms with van der Waals surface area (Å²) in [7, 11) is 0. The largest absolute Gasteiger partial charge is 0.372 e. The number of hydrogen-bond acceptors (Lipinski definition) is 2. The van der Waals surface area contributed by atoms with Gasteiger partial charge in [-0.1, -0.05) is 37.3 Å². The summed E-state index contributed by atoms with van der Waals surface area (Å²) >= 11 is 5.42. The lowest BCUT2D eigenvalue weighted by molar-refractivity contribution is 0.438. The van der Waals surface area contributed by atoms with Crippen molar-refractivity contribution >= 4 is 28.7 Å². The van der Waals surface area contributed by atoms with E-state index in [9.17, 15) is 0 Å². The maximum Gasteiger partial charge on any atom is 0.171 e. The standard InChI is InChI=1S/C21H27N3S/c1-16-12-14-24(15-13-16)20-10-8-18(9-11-20)17(2)22-21(25)23-19-6-4-3-5-7-19/h3-11,16-17H,12-15H2,1-2H3,(H2,22,23,25)/t17-/m0/s1. The molecule has 132 valence electrons. The molecule has 3 nitrogen and oxygen atoms in total. The molecule has 3 rings (SSSR count). The Morgan fingerprint density at radius 3 is 2.32 bits per heavy atom. The van der Waals surface area contributed by atoms with E-state index in [1.165, 1.54) is 37.2 Å². The maximum absolute atomic E-state index is 5.42. The molecular formula is C21H27N3S. The zero-order valence-electron chi connectivity index (χ0n) is 15.0. The van der Waals surface area contributed by atoms with Crippen LogP contribution in [0.15, 0.2) is 54.6 Å². The van der Waals surface area contributed by atoms with E-state index in [2.05, 4.69) is 53.6 Å². The molecule has 0 unspecified atom stereocenters. The van der Waals surface area contributed by atoms with Crippen molar-refractivity contribution in [2.45, 2.75) is 32.7 Å². The first-order chi connectivity index (χ1) is 12.1. The van der Waals surface area contributed by atoms with Crippen molar-refractivity contribution in [3.05, 3.63) is 60.2 Å². The Labute approximate surface area is 156 Å². The van der Waals surface area contributed by atoms with Gasteiger partial charge in [-0.3, -0.25) is 0 Å². The van der Waals surface area contributed by atoms with Crippen molar-refractivity contribution in [2.24, 2.45) is 5.92 Å². The summed E-state index contributed by atoms with van der Waals surface area (Å²) in [5.41, 5.74) is 3.57. The number of para-hydroxylation sites is 1. The van der Waals surface area contributed by atoms with Crippen LogP contribution in [-0.2, 0) is 0 Å². The molecule has 1 heterocycles. The van der Waals surface area contributed by atoms with Crippen LogP contribution < -0.4 is 15.5 Å². The number of benzene rings is 2. The van der Waals surface area contributed by atoms with Gasteiger partial charge in [-0.2, -0.15) is 0 Å². The molecule has 2 N–H and O–H groups in total. The van der Waals surface area contributed by atoms with Crippen LogP contribution in [0.25, 0.3) is 0 Å². The van der Waals surface area contributed by atoms with Crippen LogP contribution in [0, 0.1) is 5.92 Å². The molecule has 25 heavy (non-hydrogen) atoms. The summed E-state index contributed by atoms with van der Waals surface area (Å²) in [5.74, 6) is 0.859. The van der Waals surface area contributed by atoms with E-state index in [4.69, 9.17) is 12.2 Å². The van der Waals surface area contributed by atoms with Crippen LogP contribution in [-0.4, -0.2) is 18.2 Å². The first-order valence-electron chi connectivity index (χ1n) is 9.09. The van der Waals surface area contributed by atoms with E-state index < -0.39 is 0 Å². The first-order valence-corrected chi connectivity index (χ1v) is 9.50. The Balaban J connectivity index is 1.55. The average Bonchev–Trinajstić information content (AvgIpc) is 2.63. The smallest absolute Gasteiger partial charge is 0.171 e. The Kier molecular flexibility index (Phi) is 5.92. The fraction of sp³-hybridized carbons (Fsp3) is 0.381. The molecule has 0 aromatic heterocycles. The van der Waals surface area contributed by atoms with Gasteiger partial charge in [0.2, 0.25) is 0 Å². The molecular weight excluding hydrogens is 326 g/mol. The number of rotatable bonds is 4. The second-order valence-corrected chi connectivity index (χ2v) is 7.36. The molecule has 1 fully saturated rings. The van der Waals surface area contributed by atoms with Crippen LogP contribution in [0.4, 0.5) is 11.4 Å². The zero-order chi connectivity index (χ0) is 17.6. The Morgan fingerprint density at radius 2 is 1.68 bits per heavy atom. The molecule has 1 atom stereocenters. The topological polar surface area (TPSA) is 27.3 Å². The van der Waals surface area contributed by atoms with Gasteiger partial charge in [0.05, 0.1) is 6.04 Å². The highest BCUT2D eigenvalue weighted by atomic mass is 32.1. The summed E-state index contributed by atoms with van der Waals surface area (Å²) in [5, 5.41) is 7.22. The summed E-state index contributed by atoms with van der Waals surface area (Å²) in [6, 6.07) is 19.0. The third-order valence-electron chi connectivity index (χ3n) is 4.92. The number of nitrogens with zero attached hydrogens (tertiary/aromatic N) is 1. The Morgan fingerprint density at radius 1 is 1.04 bits per heavy atom. The van der Waals surface area contributed by atoms with E-state index in [-0.39, 0.29) is 6.04 Å². The van der Waals surface area contributed by atoms with Crippen molar-refractivity contribution in [3.8, 4) is 0 Å². The van der Waals surface area contributed by atoms with E-state index in [1.54, 1.807) is 0 Å². The number of nitrogens with one attached hydrogen (secondary N) is 2. The molecule has 0 spiro atoms. The minimum Gasteiger partial charge on any atom is -0.372 e. The van der Waals surface area contributed by atoms with Crippen molar-refractivity contribution in [1.82, 2.24) is 5.32 Å². The average molecular weight is 354 g/mol. The highest BCUT2D eigenvalue weighted by Gasteiger charge is 2.16. The van der Waals surface area contributed by atoms with Gasteiger partial charge in [-0.15, -0.1) is 0 Å². The first kappa shape index (κ1) is 17.7. The summed E-state index contributed by atoms with van der Waals surface area (Å²) < 4.78 is 0. The van der Waals surface area contributed by atoms with Crippen LogP contribution in [0.5, 0.6) is 0 Å².